The van der Waals surface area contributed by atoms with Crippen LogP contribution in [-0.4, -0.2) is 0 Å². The molecule has 2 nitrogen and oxygen atoms in total. The van der Waals surface area contributed by atoms with Crippen molar-refractivity contribution in [2.24, 2.45) is 0 Å². The maximum atomic E-state index is 9.99. The molecule has 0 fully saturated rings. The van der Waals surface area contributed by atoms with E-state index in [-0.39, 0.29) is 0 Å². The van der Waals surface area contributed by atoms with Crippen LogP contribution in [0.5, 0.6) is 0 Å². The maximum absolute atomic E-state index is 9.99. The first-order chi connectivity index (χ1) is 14.3. The lowest BCUT2D eigenvalue weighted by molar-refractivity contribution is -0.0258. The summed E-state index contributed by atoms with van der Waals surface area (Å²) in [5.41, 5.74) is 5.57. The molecule has 0 aromatic heterocycles. The second-order valence-corrected chi connectivity index (χ2v) is 7.58. The van der Waals surface area contributed by atoms with E-state index in [1.807, 2.05) is 48.5 Å². The summed E-state index contributed by atoms with van der Waals surface area (Å²) in [5.74, 6) is 0. The van der Waals surface area contributed by atoms with Crippen molar-refractivity contribution in [1.29, 1.82) is 5.26 Å². The van der Waals surface area contributed by atoms with E-state index in [0.29, 0.717) is 5.56 Å². The van der Waals surface area contributed by atoms with Gasteiger partial charge in [0.05, 0.1) is 11.6 Å². The average Bonchev–Trinajstić information content (AvgIpc) is 3.30. The van der Waals surface area contributed by atoms with Gasteiger partial charge in [-0.15, -0.1) is 0 Å². The van der Waals surface area contributed by atoms with Crippen LogP contribution in [0.4, 0.5) is 0 Å². The van der Waals surface area contributed by atoms with E-state index in [1.54, 1.807) is 0 Å². The molecular formula is C27H17NO. The molecule has 2 bridgehead atoms. The Bertz CT molecular complexity index is 1290. The van der Waals surface area contributed by atoms with Crippen molar-refractivity contribution in [3.63, 3.8) is 0 Å². The molecule has 0 saturated heterocycles. The van der Waals surface area contributed by atoms with Crippen LogP contribution in [0.2, 0.25) is 0 Å². The van der Waals surface area contributed by atoms with E-state index in [4.69, 9.17) is 4.74 Å². The predicted octanol–water partition coefficient (Wildman–Crippen LogP) is 5.49. The van der Waals surface area contributed by atoms with Gasteiger partial charge in [-0.05, 0) is 28.3 Å². The van der Waals surface area contributed by atoms with Crippen LogP contribution >= 0.6 is 0 Å². The first-order valence-electron chi connectivity index (χ1n) is 9.77. The second kappa shape index (κ2) is 5.67. The van der Waals surface area contributed by atoms with Crippen LogP contribution < -0.4 is 0 Å². The molecular weight excluding hydrogens is 354 g/mol. The SMILES string of the molecule is N#Cc1cccc2c1C1(c3ccccc3)OC2(c2ccccc2)c2ccccc21. The highest BCUT2D eigenvalue weighted by atomic mass is 16.5. The van der Waals surface area contributed by atoms with Gasteiger partial charge in [0.15, 0.2) is 0 Å². The average molecular weight is 371 g/mol. The van der Waals surface area contributed by atoms with E-state index in [2.05, 4.69) is 60.7 Å². The topological polar surface area (TPSA) is 33.0 Å². The van der Waals surface area contributed by atoms with Crippen LogP contribution in [-0.2, 0) is 15.9 Å². The fourth-order valence-corrected chi connectivity index (χ4v) is 5.22. The van der Waals surface area contributed by atoms with E-state index < -0.39 is 11.2 Å². The Morgan fingerprint density at radius 1 is 0.552 bits per heavy atom. The summed E-state index contributed by atoms with van der Waals surface area (Å²) in [6, 6.07) is 37.5. The molecule has 0 spiro atoms. The van der Waals surface area contributed by atoms with Gasteiger partial charge in [-0.3, -0.25) is 0 Å². The Balaban J connectivity index is 1.82. The molecule has 4 aromatic rings. The molecule has 0 radical (unpaired) electrons. The predicted molar refractivity (Wildman–Crippen MR) is 111 cm³/mol. The van der Waals surface area contributed by atoms with Gasteiger partial charge >= 0.3 is 0 Å². The lowest BCUT2D eigenvalue weighted by Gasteiger charge is -2.30. The monoisotopic (exact) mass is 371 g/mol. The first-order valence-corrected chi connectivity index (χ1v) is 9.77. The highest BCUT2D eigenvalue weighted by Gasteiger charge is 2.64. The number of fused-ring (bicyclic) bond motifs is 8. The van der Waals surface area contributed by atoms with Crippen LogP contribution in [0, 0.1) is 11.3 Å². The fraction of sp³-hybridized carbons (Fsp3) is 0.0741. The van der Waals surface area contributed by atoms with Crippen molar-refractivity contribution in [1.82, 2.24) is 0 Å². The number of nitriles is 1. The standard InChI is InChI=1S/C27H17NO/c28-18-19-10-9-17-24-25(19)27(21-13-5-2-6-14-21)23-16-8-7-15-22(23)26(24,29-27)20-11-3-1-4-12-20/h1-17H. The summed E-state index contributed by atoms with van der Waals surface area (Å²) >= 11 is 0. The fourth-order valence-electron chi connectivity index (χ4n) is 5.22. The maximum Gasteiger partial charge on any atom is 0.147 e. The second-order valence-electron chi connectivity index (χ2n) is 7.58. The molecule has 2 aliphatic heterocycles. The van der Waals surface area contributed by atoms with Gasteiger partial charge in [0.25, 0.3) is 0 Å². The third-order valence-corrected chi connectivity index (χ3v) is 6.27. The smallest absolute Gasteiger partial charge is 0.147 e. The Labute approximate surface area is 169 Å². The minimum atomic E-state index is -0.796. The van der Waals surface area contributed by atoms with Gasteiger partial charge in [0.1, 0.15) is 11.2 Å². The molecule has 6 rings (SSSR count). The van der Waals surface area contributed by atoms with E-state index in [1.165, 1.54) is 0 Å². The molecule has 0 amide bonds. The van der Waals surface area contributed by atoms with Gasteiger partial charge in [-0.25, -0.2) is 0 Å². The zero-order chi connectivity index (χ0) is 19.5. The molecule has 2 atom stereocenters. The van der Waals surface area contributed by atoms with Crippen LogP contribution in [0.3, 0.4) is 0 Å². The molecule has 2 aliphatic rings. The van der Waals surface area contributed by atoms with E-state index >= 15 is 0 Å². The zero-order valence-corrected chi connectivity index (χ0v) is 15.7. The van der Waals surface area contributed by atoms with Crippen LogP contribution in [0.1, 0.15) is 38.9 Å². The van der Waals surface area contributed by atoms with E-state index in [9.17, 15) is 5.26 Å². The number of benzene rings is 4. The zero-order valence-electron chi connectivity index (χ0n) is 15.7. The molecule has 4 aromatic carbocycles. The normalized spacial score (nSPS) is 23.3. The van der Waals surface area contributed by atoms with Crippen molar-refractivity contribution in [2.45, 2.75) is 11.2 Å². The Hall–Kier alpha value is -3.67. The molecule has 0 aliphatic carbocycles. The Morgan fingerprint density at radius 3 is 1.69 bits per heavy atom. The molecule has 2 heterocycles. The molecule has 0 saturated carbocycles. The Kier molecular flexibility index (Phi) is 3.19. The summed E-state index contributed by atoms with van der Waals surface area (Å²) in [5, 5.41) is 9.99. The molecule has 0 N–H and O–H groups in total. The molecule has 2 unspecified atom stereocenters. The number of nitrogens with zero attached hydrogens (tertiary/aromatic N) is 1. The van der Waals surface area contributed by atoms with Crippen LogP contribution in [0.15, 0.2) is 103 Å². The van der Waals surface area contributed by atoms with E-state index in [0.717, 1.165) is 33.4 Å². The lowest BCUT2D eigenvalue weighted by atomic mass is 9.67. The highest BCUT2D eigenvalue weighted by molar-refractivity contribution is 5.72. The number of ether oxygens (including phenoxy) is 1. The van der Waals surface area contributed by atoms with Crippen molar-refractivity contribution in [3.8, 4) is 6.07 Å². The summed E-state index contributed by atoms with van der Waals surface area (Å²) in [6.45, 7) is 0. The van der Waals surface area contributed by atoms with Gasteiger partial charge in [0, 0.05) is 11.1 Å². The lowest BCUT2D eigenvalue weighted by Crippen LogP contribution is -2.28. The summed E-state index contributed by atoms with van der Waals surface area (Å²) < 4.78 is 7.15. The molecule has 2 heteroatoms. The third kappa shape index (κ3) is 1.83. The molecule has 136 valence electrons. The number of hydrogen-bond donors (Lipinski definition) is 0. The largest absolute Gasteiger partial charge is 0.340 e. The number of rotatable bonds is 2. The van der Waals surface area contributed by atoms with Crippen molar-refractivity contribution >= 4 is 0 Å². The van der Waals surface area contributed by atoms with Crippen molar-refractivity contribution in [2.75, 3.05) is 0 Å². The third-order valence-electron chi connectivity index (χ3n) is 6.27. The molecule has 29 heavy (non-hydrogen) atoms. The van der Waals surface area contributed by atoms with Crippen LogP contribution in [0.25, 0.3) is 0 Å². The van der Waals surface area contributed by atoms with Gasteiger partial charge < -0.3 is 4.74 Å². The summed E-state index contributed by atoms with van der Waals surface area (Å²) in [7, 11) is 0. The quantitative estimate of drug-likeness (QED) is 0.467. The van der Waals surface area contributed by atoms with Crippen molar-refractivity contribution in [3.05, 3.63) is 142 Å². The number of hydrogen-bond acceptors (Lipinski definition) is 2. The minimum absolute atomic E-state index is 0.665. The Morgan fingerprint density at radius 2 is 1.07 bits per heavy atom. The van der Waals surface area contributed by atoms with Gasteiger partial charge in [0.2, 0.25) is 0 Å². The minimum Gasteiger partial charge on any atom is -0.340 e. The summed E-state index contributed by atoms with van der Waals surface area (Å²) in [4.78, 5) is 0. The van der Waals surface area contributed by atoms with Gasteiger partial charge in [-0.1, -0.05) is 97.1 Å². The first kappa shape index (κ1) is 16.3. The summed E-state index contributed by atoms with van der Waals surface area (Å²) in [6.07, 6.45) is 0. The van der Waals surface area contributed by atoms with Gasteiger partial charge in [-0.2, -0.15) is 5.26 Å². The van der Waals surface area contributed by atoms with Crippen molar-refractivity contribution < 1.29 is 4.74 Å². The highest BCUT2D eigenvalue weighted by Crippen LogP contribution is 2.66.